The molecule has 3 heterocycles. The minimum Gasteiger partial charge on any atom is -0.354 e. The summed E-state index contributed by atoms with van der Waals surface area (Å²) in [5, 5.41) is 2.75. The van der Waals surface area contributed by atoms with Gasteiger partial charge >= 0.3 is 6.18 Å². The van der Waals surface area contributed by atoms with E-state index < -0.39 is 21.6 Å². The fraction of sp³-hybridized carbons (Fsp3) is 0.625. The molecule has 1 atom stereocenters. The molecule has 1 N–H and O–H groups in total. The number of carbonyl (C=O) groups excluding carboxylic acids is 1. The number of carbonyl (C=O) groups is 1. The second-order valence-electron chi connectivity index (χ2n) is 6.83. The number of hydrogen-bond donors (Lipinski definition) is 1. The molecule has 0 saturated carbocycles. The third kappa shape index (κ3) is 5.32. The first kappa shape index (κ1) is 19.9. The van der Waals surface area contributed by atoms with Crippen molar-refractivity contribution in [1.82, 2.24) is 15.2 Å². The van der Waals surface area contributed by atoms with Crippen molar-refractivity contribution in [2.75, 3.05) is 49.1 Å². The number of alkyl halides is 3. The molecule has 0 aromatic carbocycles. The zero-order chi connectivity index (χ0) is 19.7. The maximum atomic E-state index is 12.6. The molecule has 0 spiro atoms. The van der Waals surface area contributed by atoms with Crippen molar-refractivity contribution >= 4 is 21.6 Å². The van der Waals surface area contributed by atoms with E-state index >= 15 is 0 Å². The van der Waals surface area contributed by atoms with Gasteiger partial charge in [0.15, 0.2) is 9.84 Å². The van der Waals surface area contributed by atoms with E-state index in [1.807, 2.05) is 9.80 Å². The van der Waals surface area contributed by atoms with Crippen LogP contribution < -0.4 is 10.2 Å². The Kier molecular flexibility index (Phi) is 5.61. The number of nitrogens with one attached hydrogen (secondary N) is 1. The Morgan fingerprint density at radius 1 is 1.22 bits per heavy atom. The van der Waals surface area contributed by atoms with Crippen molar-refractivity contribution in [3.05, 3.63) is 23.9 Å². The standard InChI is InChI=1S/C16H21F3N4O3S/c17-16(18,19)12-1-2-14(20-9-12)23-6-4-22(5-7-23)10-15(24)21-13-3-8-27(25,26)11-13/h1-2,9,13H,3-8,10-11H2,(H,21,24)/t13-/m0/s1. The second-order valence-corrected chi connectivity index (χ2v) is 9.06. The van der Waals surface area contributed by atoms with E-state index in [2.05, 4.69) is 10.3 Å². The highest BCUT2D eigenvalue weighted by Gasteiger charge is 2.31. The fourth-order valence-electron chi connectivity index (χ4n) is 3.26. The van der Waals surface area contributed by atoms with Crippen LogP contribution in [-0.2, 0) is 20.8 Å². The van der Waals surface area contributed by atoms with Gasteiger partial charge in [-0.25, -0.2) is 13.4 Å². The molecule has 1 aromatic heterocycles. The van der Waals surface area contributed by atoms with Crippen LogP contribution in [0.5, 0.6) is 0 Å². The zero-order valence-corrected chi connectivity index (χ0v) is 15.4. The van der Waals surface area contributed by atoms with Crippen molar-refractivity contribution in [2.24, 2.45) is 0 Å². The highest BCUT2D eigenvalue weighted by molar-refractivity contribution is 7.91. The Morgan fingerprint density at radius 3 is 2.44 bits per heavy atom. The number of piperazine rings is 1. The van der Waals surface area contributed by atoms with Crippen molar-refractivity contribution in [1.29, 1.82) is 0 Å². The van der Waals surface area contributed by atoms with Gasteiger partial charge in [-0.3, -0.25) is 9.69 Å². The van der Waals surface area contributed by atoms with Crippen molar-refractivity contribution in [3.8, 4) is 0 Å². The van der Waals surface area contributed by atoms with Crippen LogP contribution >= 0.6 is 0 Å². The Hall–Kier alpha value is -1.88. The summed E-state index contributed by atoms with van der Waals surface area (Å²) in [6.45, 7) is 2.40. The Balaban J connectivity index is 1.45. The summed E-state index contributed by atoms with van der Waals surface area (Å²) in [6.07, 6.45) is -3.14. The van der Waals surface area contributed by atoms with Gasteiger partial charge in [0.05, 0.1) is 23.6 Å². The van der Waals surface area contributed by atoms with Gasteiger partial charge in [-0.1, -0.05) is 0 Å². The van der Waals surface area contributed by atoms with E-state index in [-0.39, 0.29) is 30.0 Å². The zero-order valence-electron chi connectivity index (χ0n) is 14.6. The molecule has 1 amide bonds. The Labute approximate surface area is 155 Å². The first-order valence-corrected chi connectivity index (χ1v) is 10.4. The summed E-state index contributed by atoms with van der Waals surface area (Å²) in [4.78, 5) is 19.8. The maximum Gasteiger partial charge on any atom is 0.417 e. The Morgan fingerprint density at radius 2 is 1.93 bits per heavy atom. The topological polar surface area (TPSA) is 82.6 Å². The lowest BCUT2D eigenvalue weighted by Gasteiger charge is -2.35. The smallest absolute Gasteiger partial charge is 0.354 e. The molecule has 2 saturated heterocycles. The number of hydrogen-bond acceptors (Lipinski definition) is 6. The fourth-order valence-corrected chi connectivity index (χ4v) is 4.93. The highest BCUT2D eigenvalue weighted by Crippen LogP contribution is 2.29. The average Bonchev–Trinajstić information content (AvgIpc) is 2.93. The second kappa shape index (κ2) is 7.63. The monoisotopic (exact) mass is 406 g/mol. The predicted molar refractivity (Wildman–Crippen MR) is 93.1 cm³/mol. The van der Waals surface area contributed by atoms with Gasteiger partial charge < -0.3 is 10.2 Å². The number of halogens is 3. The molecule has 0 radical (unpaired) electrons. The van der Waals surface area contributed by atoms with E-state index in [4.69, 9.17) is 0 Å². The van der Waals surface area contributed by atoms with Crippen LogP contribution in [0.2, 0.25) is 0 Å². The number of anilines is 1. The van der Waals surface area contributed by atoms with Crippen LogP contribution in [0.15, 0.2) is 18.3 Å². The molecule has 2 aliphatic rings. The van der Waals surface area contributed by atoms with Crippen molar-refractivity contribution < 1.29 is 26.4 Å². The number of aromatic nitrogens is 1. The SMILES string of the molecule is O=C(CN1CCN(c2ccc(C(F)(F)F)cn2)CC1)N[C@H]1CCS(=O)(=O)C1. The molecular weight excluding hydrogens is 385 g/mol. The van der Waals surface area contributed by atoms with Crippen molar-refractivity contribution in [3.63, 3.8) is 0 Å². The number of rotatable bonds is 4. The van der Waals surface area contributed by atoms with E-state index in [0.717, 1.165) is 12.3 Å². The molecule has 150 valence electrons. The molecule has 1 aromatic rings. The summed E-state index contributed by atoms with van der Waals surface area (Å²) < 4.78 is 60.6. The van der Waals surface area contributed by atoms with E-state index in [0.29, 0.717) is 38.4 Å². The van der Waals surface area contributed by atoms with Gasteiger partial charge in [0.1, 0.15) is 5.82 Å². The molecule has 2 aliphatic heterocycles. The minimum atomic E-state index is -4.41. The summed E-state index contributed by atoms with van der Waals surface area (Å²) >= 11 is 0. The lowest BCUT2D eigenvalue weighted by atomic mass is 10.2. The summed E-state index contributed by atoms with van der Waals surface area (Å²) in [5.74, 6) is 0.365. The van der Waals surface area contributed by atoms with Crippen LogP contribution in [0.25, 0.3) is 0 Å². The number of pyridine rings is 1. The van der Waals surface area contributed by atoms with E-state index in [1.165, 1.54) is 6.07 Å². The van der Waals surface area contributed by atoms with Crippen molar-refractivity contribution in [2.45, 2.75) is 18.6 Å². The van der Waals surface area contributed by atoms with Gasteiger partial charge in [-0.15, -0.1) is 0 Å². The highest BCUT2D eigenvalue weighted by atomic mass is 32.2. The molecule has 3 rings (SSSR count). The van der Waals surface area contributed by atoms with Gasteiger partial charge in [0.25, 0.3) is 0 Å². The quantitative estimate of drug-likeness (QED) is 0.786. The van der Waals surface area contributed by atoms with E-state index in [1.54, 1.807) is 0 Å². The number of sulfone groups is 1. The molecule has 11 heteroatoms. The van der Waals surface area contributed by atoms with Gasteiger partial charge in [-0.2, -0.15) is 13.2 Å². The third-order valence-corrected chi connectivity index (χ3v) is 6.50. The third-order valence-electron chi connectivity index (χ3n) is 4.74. The van der Waals surface area contributed by atoms with Gasteiger partial charge in [-0.05, 0) is 18.6 Å². The van der Waals surface area contributed by atoms with Crippen LogP contribution in [-0.4, -0.2) is 74.5 Å². The Bertz CT molecular complexity index is 775. The molecule has 2 fully saturated rings. The summed E-state index contributed by atoms with van der Waals surface area (Å²) in [6, 6.07) is 2.05. The average molecular weight is 406 g/mol. The minimum absolute atomic E-state index is 0.00783. The lowest BCUT2D eigenvalue weighted by molar-refractivity contribution is -0.137. The lowest BCUT2D eigenvalue weighted by Crippen LogP contribution is -2.50. The number of amides is 1. The molecule has 0 aliphatic carbocycles. The first-order chi connectivity index (χ1) is 12.6. The van der Waals surface area contributed by atoms with Crippen LogP contribution in [0, 0.1) is 0 Å². The normalized spacial score (nSPS) is 23.4. The number of nitrogens with zero attached hydrogens (tertiary/aromatic N) is 3. The molecule has 0 unspecified atom stereocenters. The maximum absolute atomic E-state index is 12.6. The first-order valence-electron chi connectivity index (χ1n) is 8.63. The van der Waals surface area contributed by atoms with Gasteiger partial charge in [0, 0.05) is 38.4 Å². The van der Waals surface area contributed by atoms with Crippen LogP contribution in [0.1, 0.15) is 12.0 Å². The largest absolute Gasteiger partial charge is 0.417 e. The van der Waals surface area contributed by atoms with E-state index in [9.17, 15) is 26.4 Å². The molecule has 0 bridgehead atoms. The predicted octanol–water partition coefficient (Wildman–Crippen LogP) is 0.526. The molecular formula is C16H21F3N4O3S. The molecule has 7 nitrogen and oxygen atoms in total. The molecule has 27 heavy (non-hydrogen) atoms. The van der Waals surface area contributed by atoms with Crippen LogP contribution in [0.4, 0.5) is 19.0 Å². The van der Waals surface area contributed by atoms with Crippen LogP contribution in [0.3, 0.4) is 0 Å². The summed E-state index contributed by atoms with van der Waals surface area (Å²) in [5.41, 5.74) is -0.782. The summed E-state index contributed by atoms with van der Waals surface area (Å²) in [7, 11) is -3.04. The van der Waals surface area contributed by atoms with Gasteiger partial charge in [0.2, 0.25) is 5.91 Å².